The molecular weight excluding hydrogens is 330 g/mol. The lowest BCUT2D eigenvalue weighted by Gasteiger charge is -2.35. The second-order valence-corrected chi connectivity index (χ2v) is 7.59. The molecule has 0 spiro atoms. The van der Waals surface area contributed by atoms with Crippen molar-refractivity contribution in [2.75, 3.05) is 26.2 Å². The lowest BCUT2D eigenvalue weighted by atomic mass is 9.95. The molecule has 4 rings (SSSR count). The van der Waals surface area contributed by atoms with E-state index in [0.717, 1.165) is 57.7 Å². The second-order valence-electron chi connectivity index (χ2n) is 7.59. The van der Waals surface area contributed by atoms with Gasteiger partial charge in [0.25, 0.3) is 0 Å². The Labute approximate surface area is 154 Å². The number of hydrogen-bond donors (Lipinski definition) is 1. The summed E-state index contributed by atoms with van der Waals surface area (Å²) in [6.45, 7) is 5.84. The fourth-order valence-electron chi connectivity index (χ4n) is 4.28. The summed E-state index contributed by atoms with van der Waals surface area (Å²) in [6, 6.07) is -0.339. The monoisotopic (exact) mass is 357 g/mol. The molecule has 3 aliphatic heterocycles. The van der Waals surface area contributed by atoms with Crippen LogP contribution < -0.4 is 5.32 Å². The van der Waals surface area contributed by atoms with Crippen molar-refractivity contribution in [3.63, 3.8) is 0 Å². The van der Waals surface area contributed by atoms with Gasteiger partial charge in [0, 0.05) is 68.9 Å². The zero-order valence-corrected chi connectivity index (χ0v) is 15.4. The first-order valence-electron chi connectivity index (χ1n) is 9.77. The van der Waals surface area contributed by atoms with Crippen LogP contribution in [0.5, 0.6) is 0 Å². The van der Waals surface area contributed by atoms with Crippen LogP contribution in [0.4, 0.5) is 0 Å². The van der Waals surface area contributed by atoms with Crippen LogP contribution in [-0.4, -0.2) is 63.8 Å². The van der Waals surface area contributed by atoms with Crippen molar-refractivity contribution in [3.05, 3.63) is 23.3 Å². The van der Waals surface area contributed by atoms with Gasteiger partial charge in [0.1, 0.15) is 11.9 Å². The van der Waals surface area contributed by atoms with Gasteiger partial charge in [-0.1, -0.05) is 0 Å². The number of likely N-dealkylation sites (tertiary alicyclic amines) is 2. The molecule has 7 nitrogen and oxygen atoms in total. The third-order valence-electron chi connectivity index (χ3n) is 5.93. The van der Waals surface area contributed by atoms with Crippen molar-refractivity contribution in [1.82, 2.24) is 25.1 Å². The highest BCUT2D eigenvalue weighted by Gasteiger charge is 2.34. The van der Waals surface area contributed by atoms with Crippen molar-refractivity contribution < 1.29 is 9.59 Å². The Kier molecular flexibility index (Phi) is 4.89. The highest BCUT2D eigenvalue weighted by atomic mass is 16.2. The van der Waals surface area contributed by atoms with Gasteiger partial charge in [0.2, 0.25) is 11.8 Å². The van der Waals surface area contributed by atoms with Gasteiger partial charge in [-0.15, -0.1) is 0 Å². The molecule has 2 fully saturated rings. The first kappa shape index (κ1) is 17.4. The maximum absolute atomic E-state index is 12.8. The number of carbonyl (C=O) groups excluding carboxylic acids is 2. The zero-order chi connectivity index (χ0) is 18.1. The number of nitrogens with zero attached hydrogens (tertiary/aromatic N) is 4. The Morgan fingerprint density at radius 1 is 1.27 bits per heavy atom. The van der Waals surface area contributed by atoms with Gasteiger partial charge in [-0.05, 0) is 26.2 Å². The molecule has 3 aliphatic rings. The zero-order valence-electron chi connectivity index (χ0n) is 15.4. The van der Waals surface area contributed by atoms with Gasteiger partial charge < -0.3 is 15.1 Å². The van der Waals surface area contributed by atoms with Crippen molar-refractivity contribution in [3.8, 4) is 0 Å². The summed E-state index contributed by atoms with van der Waals surface area (Å²) in [4.78, 5) is 37.7. The minimum atomic E-state index is -0.339. The fraction of sp³-hybridized carbons (Fsp3) is 0.684. The number of amides is 2. The molecule has 1 aromatic rings. The third kappa shape index (κ3) is 3.32. The molecule has 0 aliphatic carbocycles. The molecule has 0 radical (unpaired) electrons. The van der Waals surface area contributed by atoms with E-state index in [2.05, 4.69) is 10.3 Å². The number of aromatic nitrogens is 2. The van der Waals surface area contributed by atoms with Gasteiger partial charge in [-0.3, -0.25) is 9.59 Å². The lowest BCUT2D eigenvalue weighted by Crippen LogP contribution is -2.49. The SMILES string of the molecule is C[C@H](C(=O)N1CCC(c2ncc3c(n2)CCNC3)CC1)N1CCCC1=O. The van der Waals surface area contributed by atoms with Gasteiger partial charge in [-0.25, -0.2) is 9.97 Å². The van der Waals surface area contributed by atoms with Crippen molar-refractivity contribution >= 4 is 11.8 Å². The Hall–Kier alpha value is -2.02. The summed E-state index contributed by atoms with van der Waals surface area (Å²) in [7, 11) is 0. The van der Waals surface area contributed by atoms with Crippen molar-refractivity contribution in [2.45, 2.75) is 57.5 Å². The number of piperidine rings is 1. The normalized spacial score (nSPS) is 22.4. The highest BCUT2D eigenvalue weighted by molar-refractivity contribution is 5.88. The molecule has 0 saturated carbocycles. The molecule has 1 N–H and O–H groups in total. The van der Waals surface area contributed by atoms with E-state index in [0.29, 0.717) is 18.9 Å². The number of fused-ring (bicyclic) bond motifs is 1. The van der Waals surface area contributed by atoms with E-state index in [-0.39, 0.29) is 17.9 Å². The quantitative estimate of drug-likeness (QED) is 0.867. The first-order chi connectivity index (χ1) is 12.6. The van der Waals surface area contributed by atoms with Crippen LogP contribution in [0.3, 0.4) is 0 Å². The van der Waals surface area contributed by atoms with Crippen LogP contribution >= 0.6 is 0 Å². The van der Waals surface area contributed by atoms with Crippen LogP contribution in [0.1, 0.15) is 55.6 Å². The molecule has 4 heterocycles. The smallest absolute Gasteiger partial charge is 0.245 e. The summed E-state index contributed by atoms with van der Waals surface area (Å²) >= 11 is 0. The largest absolute Gasteiger partial charge is 0.341 e. The van der Waals surface area contributed by atoms with E-state index in [1.807, 2.05) is 18.0 Å². The summed E-state index contributed by atoms with van der Waals surface area (Å²) in [5, 5.41) is 3.34. The van der Waals surface area contributed by atoms with E-state index < -0.39 is 0 Å². The van der Waals surface area contributed by atoms with Crippen LogP contribution in [0.25, 0.3) is 0 Å². The van der Waals surface area contributed by atoms with Crippen LogP contribution in [-0.2, 0) is 22.6 Å². The van der Waals surface area contributed by atoms with Crippen molar-refractivity contribution in [1.29, 1.82) is 0 Å². The molecule has 7 heteroatoms. The number of nitrogens with one attached hydrogen (secondary N) is 1. The minimum absolute atomic E-state index is 0.0798. The molecule has 1 aromatic heterocycles. The average Bonchev–Trinajstić information content (AvgIpc) is 3.12. The number of carbonyl (C=O) groups is 2. The van der Waals surface area contributed by atoms with Gasteiger partial charge in [0.15, 0.2) is 0 Å². The molecule has 0 unspecified atom stereocenters. The molecule has 2 saturated heterocycles. The van der Waals surface area contributed by atoms with E-state index in [9.17, 15) is 9.59 Å². The van der Waals surface area contributed by atoms with E-state index in [4.69, 9.17) is 4.98 Å². The Balaban J connectivity index is 1.36. The second kappa shape index (κ2) is 7.31. The summed E-state index contributed by atoms with van der Waals surface area (Å²) in [5.74, 6) is 1.44. The van der Waals surface area contributed by atoms with Gasteiger partial charge in [-0.2, -0.15) is 0 Å². The molecule has 0 bridgehead atoms. The molecule has 26 heavy (non-hydrogen) atoms. The predicted octanol–water partition coefficient (Wildman–Crippen LogP) is 0.839. The average molecular weight is 357 g/mol. The first-order valence-corrected chi connectivity index (χ1v) is 9.77. The standard InChI is InChI=1S/C19H27N5O2/c1-13(24-8-2-3-17(24)25)19(26)23-9-5-14(6-10-23)18-21-12-15-11-20-7-4-16(15)22-18/h12-14,20H,2-11H2,1H3/t13-/m1/s1. The Morgan fingerprint density at radius 2 is 2.08 bits per heavy atom. The number of rotatable bonds is 3. The molecule has 140 valence electrons. The van der Waals surface area contributed by atoms with E-state index >= 15 is 0 Å². The van der Waals surface area contributed by atoms with Crippen LogP contribution in [0.2, 0.25) is 0 Å². The van der Waals surface area contributed by atoms with Gasteiger partial charge >= 0.3 is 0 Å². The predicted molar refractivity (Wildman–Crippen MR) is 96.4 cm³/mol. The highest BCUT2D eigenvalue weighted by Crippen LogP contribution is 2.27. The van der Waals surface area contributed by atoms with Gasteiger partial charge in [0.05, 0.1) is 0 Å². The summed E-state index contributed by atoms with van der Waals surface area (Å²) in [6.07, 6.45) is 6.15. The third-order valence-corrected chi connectivity index (χ3v) is 5.93. The van der Waals surface area contributed by atoms with Crippen LogP contribution in [0.15, 0.2) is 6.20 Å². The topological polar surface area (TPSA) is 78.4 Å². The Morgan fingerprint density at radius 3 is 2.81 bits per heavy atom. The maximum atomic E-state index is 12.8. The fourth-order valence-corrected chi connectivity index (χ4v) is 4.28. The molecule has 1 atom stereocenters. The van der Waals surface area contributed by atoms with Crippen molar-refractivity contribution in [2.24, 2.45) is 0 Å². The van der Waals surface area contributed by atoms with Crippen LogP contribution in [0, 0.1) is 0 Å². The minimum Gasteiger partial charge on any atom is -0.341 e. The lowest BCUT2D eigenvalue weighted by molar-refractivity contribution is -0.143. The summed E-state index contributed by atoms with van der Waals surface area (Å²) < 4.78 is 0. The molecular formula is C19H27N5O2. The molecule has 0 aromatic carbocycles. The number of hydrogen-bond acceptors (Lipinski definition) is 5. The Bertz CT molecular complexity index is 699. The maximum Gasteiger partial charge on any atom is 0.245 e. The van der Waals surface area contributed by atoms with E-state index in [1.54, 1.807) is 4.90 Å². The summed E-state index contributed by atoms with van der Waals surface area (Å²) in [5.41, 5.74) is 2.38. The van der Waals surface area contributed by atoms with E-state index in [1.165, 1.54) is 11.3 Å². The molecule has 2 amide bonds.